The zero-order valence-electron chi connectivity index (χ0n) is 17.0. The maximum Gasteiger partial charge on any atom is 0.275 e. The van der Waals surface area contributed by atoms with Gasteiger partial charge in [-0.3, -0.25) is 4.79 Å². The molecule has 4 heteroatoms. The van der Waals surface area contributed by atoms with Crippen LogP contribution in [0, 0.1) is 6.92 Å². The van der Waals surface area contributed by atoms with Gasteiger partial charge in [0.15, 0.2) is 6.54 Å². The van der Waals surface area contributed by atoms with Gasteiger partial charge in [0.25, 0.3) is 5.91 Å². The molecule has 0 radical (unpaired) electrons. The van der Waals surface area contributed by atoms with Gasteiger partial charge in [-0.1, -0.05) is 32.9 Å². The Balaban J connectivity index is 2.36. The molecule has 4 nitrogen and oxygen atoms in total. The first-order valence-corrected chi connectivity index (χ1v) is 9.57. The van der Waals surface area contributed by atoms with Gasteiger partial charge in [-0.2, -0.15) is 0 Å². The van der Waals surface area contributed by atoms with Crippen molar-refractivity contribution in [2.24, 2.45) is 0 Å². The lowest BCUT2D eigenvalue weighted by Crippen LogP contribution is -2.48. The highest BCUT2D eigenvalue weighted by Gasteiger charge is 2.19. The molecule has 0 bridgehead atoms. The fourth-order valence-corrected chi connectivity index (χ4v) is 2.86. The lowest BCUT2D eigenvalue weighted by molar-refractivity contribution is -0.882. The third kappa shape index (κ3) is 8.39. The average molecular weight is 350 g/mol. The van der Waals surface area contributed by atoms with E-state index in [1.54, 1.807) is 0 Å². The van der Waals surface area contributed by atoms with E-state index in [-0.39, 0.29) is 5.91 Å². The maximum absolute atomic E-state index is 11.9. The van der Waals surface area contributed by atoms with Crippen LogP contribution in [0.15, 0.2) is 18.2 Å². The molecule has 142 valence electrons. The van der Waals surface area contributed by atoms with Crippen LogP contribution in [0.3, 0.4) is 0 Å². The first-order chi connectivity index (χ1) is 11.7. The van der Waals surface area contributed by atoms with E-state index in [9.17, 15) is 4.79 Å². The molecule has 0 unspecified atom stereocenters. The van der Waals surface area contributed by atoms with Gasteiger partial charge in [0.2, 0.25) is 0 Å². The largest absolute Gasteiger partial charge is 0.493 e. The summed E-state index contributed by atoms with van der Waals surface area (Å²) >= 11 is 0. The highest BCUT2D eigenvalue weighted by atomic mass is 16.5. The number of aryl methyl sites for hydroxylation is 1. The predicted molar refractivity (Wildman–Crippen MR) is 105 cm³/mol. The SMILES string of the molecule is CCCNC(=O)C[N+](C)(C)CCCCOc1cc(C)ccc1C(C)C. The molecule has 1 aromatic rings. The number of rotatable bonds is 11. The van der Waals surface area contributed by atoms with Crippen LogP contribution in [0.1, 0.15) is 57.1 Å². The Bertz CT molecular complexity index is 539. The highest BCUT2D eigenvalue weighted by Crippen LogP contribution is 2.27. The van der Waals surface area contributed by atoms with Crippen LogP contribution in [0.2, 0.25) is 0 Å². The summed E-state index contributed by atoms with van der Waals surface area (Å²) in [5, 5.41) is 2.95. The van der Waals surface area contributed by atoms with Gasteiger partial charge < -0.3 is 14.5 Å². The van der Waals surface area contributed by atoms with Crippen molar-refractivity contribution in [2.75, 3.05) is 40.3 Å². The van der Waals surface area contributed by atoms with Crippen LogP contribution in [0.25, 0.3) is 0 Å². The standard InChI is InChI=1S/C21H36N2O2/c1-7-12-22-21(24)16-23(5,6)13-8-9-14-25-20-15-18(4)10-11-19(20)17(2)3/h10-11,15,17H,7-9,12-14,16H2,1-6H3/p+1. The van der Waals surface area contributed by atoms with E-state index < -0.39 is 0 Å². The molecule has 1 amide bonds. The summed E-state index contributed by atoms with van der Waals surface area (Å²) in [6.45, 7) is 11.6. The van der Waals surface area contributed by atoms with Gasteiger partial charge in [0, 0.05) is 6.54 Å². The molecule has 1 N–H and O–H groups in total. The Kier molecular flexibility index (Phi) is 8.98. The van der Waals surface area contributed by atoms with Crippen molar-refractivity contribution in [1.82, 2.24) is 5.32 Å². The molecular formula is C21H37N2O2+. The number of nitrogens with zero attached hydrogens (tertiary/aromatic N) is 1. The topological polar surface area (TPSA) is 38.3 Å². The molecule has 1 aromatic carbocycles. The van der Waals surface area contributed by atoms with Gasteiger partial charge >= 0.3 is 0 Å². The molecule has 0 saturated carbocycles. The fourth-order valence-electron chi connectivity index (χ4n) is 2.86. The monoisotopic (exact) mass is 349 g/mol. The Hall–Kier alpha value is -1.55. The number of likely N-dealkylation sites (N-methyl/N-ethyl adjacent to an activating group) is 1. The third-order valence-corrected chi connectivity index (χ3v) is 4.35. The minimum Gasteiger partial charge on any atom is -0.493 e. The smallest absolute Gasteiger partial charge is 0.275 e. The minimum atomic E-state index is 0.143. The summed E-state index contributed by atoms with van der Waals surface area (Å²) in [4.78, 5) is 11.9. The molecule has 0 heterocycles. The van der Waals surface area contributed by atoms with E-state index in [2.05, 4.69) is 65.3 Å². The highest BCUT2D eigenvalue weighted by molar-refractivity contribution is 5.76. The van der Waals surface area contributed by atoms with Crippen LogP contribution < -0.4 is 10.1 Å². The summed E-state index contributed by atoms with van der Waals surface area (Å²) < 4.78 is 6.76. The summed E-state index contributed by atoms with van der Waals surface area (Å²) in [6.07, 6.45) is 3.04. The second-order valence-corrected chi connectivity index (χ2v) is 7.92. The number of ether oxygens (including phenoxy) is 1. The van der Waals surface area contributed by atoms with Crippen LogP contribution in [0.5, 0.6) is 5.75 Å². The number of hydrogen-bond acceptors (Lipinski definition) is 2. The van der Waals surface area contributed by atoms with Gasteiger partial charge in [-0.15, -0.1) is 0 Å². The van der Waals surface area contributed by atoms with Crippen molar-refractivity contribution in [2.45, 2.75) is 52.9 Å². The van der Waals surface area contributed by atoms with Crippen molar-refractivity contribution in [1.29, 1.82) is 0 Å². The lowest BCUT2D eigenvalue weighted by Gasteiger charge is -2.29. The molecule has 0 spiro atoms. The normalized spacial score (nSPS) is 11.6. The maximum atomic E-state index is 11.9. The zero-order chi connectivity index (χ0) is 18.9. The zero-order valence-corrected chi connectivity index (χ0v) is 17.0. The Morgan fingerprint density at radius 3 is 2.60 bits per heavy atom. The average Bonchev–Trinajstić information content (AvgIpc) is 2.51. The molecule has 0 aliphatic carbocycles. The molecule has 0 aromatic heterocycles. The Morgan fingerprint density at radius 2 is 1.96 bits per heavy atom. The number of amides is 1. The number of carbonyl (C=O) groups excluding carboxylic acids is 1. The molecule has 0 atom stereocenters. The van der Waals surface area contributed by atoms with Gasteiger partial charge in [0.1, 0.15) is 5.75 Å². The van der Waals surface area contributed by atoms with Crippen molar-refractivity contribution >= 4 is 5.91 Å². The van der Waals surface area contributed by atoms with Crippen LogP contribution >= 0.6 is 0 Å². The Morgan fingerprint density at radius 1 is 1.24 bits per heavy atom. The number of hydrogen-bond donors (Lipinski definition) is 1. The minimum absolute atomic E-state index is 0.143. The third-order valence-electron chi connectivity index (χ3n) is 4.35. The van der Waals surface area contributed by atoms with Crippen molar-refractivity contribution in [3.63, 3.8) is 0 Å². The van der Waals surface area contributed by atoms with Crippen molar-refractivity contribution in [3.05, 3.63) is 29.3 Å². The number of unbranched alkanes of at least 4 members (excludes halogenated alkanes) is 1. The second-order valence-electron chi connectivity index (χ2n) is 7.92. The van der Waals surface area contributed by atoms with E-state index in [1.807, 2.05) is 0 Å². The van der Waals surface area contributed by atoms with Crippen LogP contribution in [0.4, 0.5) is 0 Å². The predicted octanol–water partition coefficient (Wildman–Crippen LogP) is 3.88. The molecule has 0 aliphatic rings. The van der Waals surface area contributed by atoms with Crippen molar-refractivity contribution in [3.8, 4) is 5.75 Å². The number of nitrogens with one attached hydrogen (secondary N) is 1. The molecular weight excluding hydrogens is 312 g/mol. The number of carbonyl (C=O) groups is 1. The first-order valence-electron chi connectivity index (χ1n) is 9.57. The fraction of sp³-hybridized carbons (Fsp3) is 0.667. The lowest BCUT2D eigenvalue weighted by atomic mass is 10.0. The van der Waals surface area contributed by atoms with Crippen LogP contribution in [-0.4, -0.2) is 50.7 Å². The van der Waals surface area contributed by atoms with Crippen molar-refractivity contribution < 1.29 is 14.0 Å². The molecule has 25 heavy (non-hydrogen) atoms. The molecule has 0 aliphatic heterocycles. The molecule has 1 rings (SSSR count). The number of quaternary nitrogens is 1. The summed E-state index contributed by atoms with van der Waals surface area (Å²) in [5.41, 5.74) is 2.50. The van der Waals surface area contributed by atoms with E-state index in [4.69, 9.17) is 4.74 Å². The van der Waals surface area contributed by atoms with Gasteiger partial charge in [0.05, 0.1) is 27.2 Å². The quantitative estimate of drug-likeness (QED) is 0.486. The summed E-state index contributed by atoms with van der Waals surface area (Å²) in [5.74, 6) is 1.62. The number of benzene rings is 1. The summed E-state index contributed by atoms with van der Waals surface area (Å²) in [7, 11) is 4.23. The second kappa shape index (κ2) is 10.4. The Labute approximate surface area is 154 Å². The van der Waals surface area contributed by atoms with E-state index >= 15 is 0 Å². The van der Waals surface area contributed by atoms with E-state index in [0.29, 0.717) is 12.5 Å². The van der Waals surface area contributed by atoms with Gasteiger partial charge in [-0.05, 0) is 49.3 Å². The molecule has 0 fully saturated rings. The first kappa shape index (κ1) is 21.5. The van der Waals surface area contributed by atoms with Gasteiger partial charge in [-0.25, -0.2) is 0 Å². The summed E-state index contributed by atoms with van der Waals surface area (Å²) in [6, 6.07) is 6.45. The van der Waals surface area contributed by atoms with E-state index in [1.165, 1.54) is 11.1 Å². The van der Waals surface area contributed by atoms with Crippen LogP contribution in [-0.2, 0) is 4.79 Å². The van der Waals surface area contributed by atoms with E-state index in [0.717, 1.165) is 49.2 Å². The molecule has 0 saturated heterocycles.